The Bertz CT molecular complexity index is 354. The van der Waals surface area contributed by atoms with Gasteiger partial charge in [0.05, 0.1) is 6.10 Å². The van der Waals surface area contributed by atoms with Crippen molar-refractivity contribution in [2.24, 2.45) is 5.41 Å². The second-order valence-corrected chi connectivity index (χ2v) is 6.07. The van der Waals surface area contributed by atoms with Crippen molar-refractivity contribution in [2.75, 3.05) is 13.6 Å². The van der Waals surface area contributed by atoms with Crippen molar-refractivity contribution < 1.29 is 5.11 Å². The molecule has 96 valence electrons. The molecule has 17 heavy (non-hydrogen) atoms. The molecule has 0 amide bonds. The minimum atomic E-state index is -0.294. The van der Waals surface area contributed by atoms with Crippen LogP contribution in [0.3, 0.4) is 0 Å². The molecule has 1 aromatic rings. The quantitative estimate of drug-likeness (QED) is 0.867. The highest BCUT2D eigenvalue weighted by Crippen LogP contribution is 2.20. The maximum Gasteiger partial charge on any atom is 0.0715 e. The van der Waals surface area contributed by atoms with Gasteiger partial charge in [0.2, 0.25) is 0 Å². The number of aliphatic hydroxyl groups is 1. The van der Waals surface area contributed by atoms with Crippen LogP contribution >= 0.6 is 0 Å². The number of likely N-dealkylation sites (N-methyl/N-ethyl adjacent to an activating group) is 1. The van der Waals surface area contributed by atoms with Gasteiger partial charge in [0.15, 0.2) is 0 Å². The maximum atomic E-state index is 10.0. The van der Waals surface area contributed by atoms with Crippen molar-refractivity contribution >= 4 is 0 Å². The summed E-state index contributed by atoms with van der Waals surface area (Å²) in [4.78, 5) is 2.17. The summed E-state index contributed by atoms with van der Waals surface area (Å²) in [5.41, 5.74) is 2.53. The van der Waals surface area contributed by atoms with Crippen molar-refractivity contribution in [3.05, 3.63) is 35.4 Å². The fraction of sp³-hybridized carbons (Fsp3) is 0.600. The lowest BCUT2D eigenvalue weighted by atomic mass is 9.89. The minimum absolute atomic E-state index is 0.0547. The summed E-state index contributed by atoms with van der Waals surface area (Å²) in [7, 11) is 2.05. The molecular formula is C15H25NO. The molecule has 0 heterocycles. The molecule has 0 bridgehead atoms. The SMILES string of the molecule is Cc1cccc(CN(C)CC(O)C(C)(C)C)c1. The fourth-order valence-electron chi connectivity index (χ4n) is 1.76. The molecule has 2 heteroatoms. The van der Waals surface area contributed by atoms with Crippen LogP contribution in [-0.4, -0.2) is 29.7 Å². The van der Waals surface area contributed by atoms with Crippen LogP contribution in [0.5, 0.6) is 0 Å². The summed E-state index contributed by atoms with van der Waals surface area (Å²) in [5, 5.41) is 10.0. The third-order valence-electron chi connectivity index (χ3n) is 3.02. The minimum Gasteiger partial charge on any atom is -0.391 e. The number of nitrogens with zero attached hydrogens (tertiary/aromatic N) is 1. The summed E-state index contributed by atoms with van der Waals surface area (Å²) in [6.07, 6.45) is -0.294. The fourth-order valence-corrected chi connectivity index (χ4v) is 1.76. The summed E-state index contributed by atoms with van der Waals surface area (Å²) in [6, 6.07) is 8.51. The van der Waals surface area contributed by atoms with Gasteiger partial charge in [-0.1, -0.05) is 50.6 Å². The molecule has 1 rings (SSSR count). The van der Waals surface area contributed by atoms with Crippen molar-refractivity contribution in [3.63, 3.8) is 0 Å². The van der Waals surface area contributed by atoms with Gasteiger partial charge in [-0.05, 0) is 24.9 Å². The molecule has 0 aliphatic heterocycles. The number of rotatable bonds is 4. The smallest absolute Gasteiger partial charge is 0.0715 e. The molecule has 0 saturated heterocycles. The van der Waals surface area contributed by atoms with Crippen LogP contribution in [0.1, 0.15) is 31.9 Å². The van der Waals surface area contributed by atoms with Gasteiger partial charge in [-0.3, -0.25) is 4.90 Å². The van der Waals surface area contributed by atoms with E-state index < -0.39 is 0 Å². The zero-order valence-corrected chi connectivity index (χ0v) is 11.7. The summed E-state index contributed by atoms with van der Waals surface area (Å²) in [6.45, 7) is 9.90. The van der Waals surface area contributed by atoms with Crippen LogP contribution in [0.15, 0.2) is 24.3 Å². The van der Waals surface area contributed by atoms with E-state index in [4.69, 9.17) is 0 Å². The molecule has 0 spiro atoms. The topological polar surface area (TPSA) is 23.5 Å². The Morgan fingerprint density at radius 2 is 1.94 bits per heavy atom. The Morgan fingerprint density at radius 1 is 1.29 bits per heavy atom. The van der Waals surface area contributed by atoms with Gasteiger partial charge >= 0.3 is 0 Å². The maximum absolute atomic E-state index is 10.0. The number of benzene rings is 1. The third-order valence-corrected chi connectivity index (χ3v) is 3.02. The van der Waals surface area contributed by atoms with Crippen LogP contribution < -0.4 is 0 Å². The standard InChI is InChI=1S/C15H25NO/c1-12-7-6-8-13(9-12)10-16(5)11-14(17)15(2,3)4/h6-9,14,17H,10-11H2,1-5H3. The number of hydrogen-bond acceptors (Lipinski definition) is 2. The van der Waals surface area contributed by atoms with E-state index in [1.165, 1.54) is 11.1 Å². The van der Waals surface area contributed by atoms with E-state index in [0.29, 0.717) is 6.54 Å². The molecule has 1 atom stereocenters. The first-order valence-corrected chi connectivity index (χ1v) is 6.21. The van der Waals surface area contributed by atoms with E-state index in [1.807, 2.05) is 0 Å². The second-order valence-electron chi connectivity index (χ2n) is 6.07. The van der Waals surface area contributed by atoms with Crippen LogP contribution in [0.4, 0.5) is 0 Å². The molecule has 1 N–H and O–H groups in total. The highest BCUT2D eigenvalue weighted by Gasteiger charge is 2.23. The van der Waals surface area contributed by atoms with E-state index >= 15 is 0 Å². The van der Waals surface area contributed by atoms with Crippen LogP contribution in [0.25, 0.3) is 0 Å². The molecule has 0 aromatic heterocycles. The molecule has 2 nitrogen and oxygen atoms in total. The molecule has 1 aromatic carbocycles. The predicted octanol–water partition coefficient (Wildman–Crippen LogP) is 2.83. The Kier molecular flexibility index (Phi) is 4.72. The molecule has 0 aliphatic carbocycles. The average molecular weight is 235 g/mol. The molecule has 0 radical (unpaired) electrons. The molecule has 1 unspecified atom stereocenters. The predicted molar refractivity (Wildman–Crippen MR) is 73.0 cm³/mol. The Morgan fingerprint density at radius 3 is 2.47 bits per heavy atom. The number of aryl methyl sites for hydroxylation is 1. The largest absolute Gasteiger partial charge is 0.391 e. The second kappa shape index (κ2) is 5.65. The zero-order valence-electron chi connectivity index (χ0n) is 11.7. The van der Waals surface area contributed by atoms with Gasteiger partial charge in [-0.25, -0.2) is 0 Å². The summed E-state index contributed by atoms with van der Waals surface area (Å²) >= 11 is 0. The van der Waals surface area contributed by atoms with Crippen molar-refractivity contribution in [1.29, 1.82) is 0 Å². The van der Waals surface area contributed by atoms with E-state index in [2.05, 4.69) is 63.9 Å². The first-order chi connectivity index (χ1) is 7.79. The monoisotopic (exact) mass is 235 g/mol. The first-order valence-electron chi connectivity index (χ1n) is 6.21. The van der Waals surface area contributed by atoms with Crippen molar-refractivity contribution in [3.8, 4) is 0 Å². The lowest BCUT2D eigenvalue weighted by Crippen LogP contribution is -2.37. The Balaban J connectivity index is 2.53. The van der Waals surface area contributed by atoms with Crippen molar-refractivity contribution in [1.82, 2.24) is 4.90 Å². The molecule has 0 saturated carbocycles. The van der Waals surface area contributed by atoms with Gasteiger partial charge in [-0.2, -0.15) is 0 Å². The normalized spacial score (nSPS) is 14.1. The van der Waals surface area contributed by atoms with E-state index in [0.717, 1.165) is 6.54 Å². The van der Waals surface area contributed by atoms with Crippen LogP contribution in [0, 0.1) is 12.3 Å². The van der Waals surface area contributed by atoms with Gasteiger partial charge < -0.3 is 5.11 Å². The number of hydrogen-bond donors (Lipinski definition) is 1. The first kappa shape index (κ1) is 14.2. The van der Waals surface area contributed by atoms with Gasteiger partial charge in [-0.15, -0.1) is 0 Å². The van der Waals surface area contributed by atoms with E-state index in [-0.39, 0.29) is 11.5 Å². The molecule has 0 fully saturated rings. The highest BCUT2D eigenvalue weighted by atomic mass is 16.3. The van der Waals surface area contributed by atoms with Gasteiger partial charge in [0.1, 0.15) is 0 Å². The van der Waals surface area contributed by atoms with Gasteiger partial charge in [0.25, 0.3) is 0 Å². The summed E-state index contributed by atoms with van der Waals surface area (Å²) in [5.74, 6) is 0. The van der Waals surface area contributed by atoms with Crippen LogP contribution in [0.2, 0.25) is 0 Å². The number of aliphatic hydroxyl groups excluding tert-OH is 1. The van der Waals surface area contributed by atoms with Gasteiger partial charge in [0, 0.05) is 13.1 Å². The lowest BCUT2D eigenvalue weighted by Gasteiger charge is -2.30. The van der Waals surface area contributed by atoms with Crippen molar-refractivity contribution in [2.45, 2.75) is 40.3 Å². The Hall–Kier alpha value is -0.860. The van der Waals surface area contributed by atoms with E-state index in [1.54, 1.807) is 0 Å². The summed E-state index contributed by atoms with van der Waals surface area (Å²) < 4.78 is 0. The molecular weight excluding hydrogens is 210 g/mol. The highest BCUT2D eigenvalue weighted by molar-refractivity contribution is 5.21. The van der Waals surface area contributed by atoms with Crippen LogP contribution in [-0.2, 0) is 6.54 Å². The Labute approximate surface area is 105 Å². The molecule has 0 aliphatic rings. The zero-order chi connectivity index (χ0) is 13.1. The third kappa shape index (κ3) is 4.88. The van der Waals surface area contributed by atoms with E-state index in [9.17, 15) is 5.11 Å². The average Bonchev–Trinajstić information content (AvgIpc) is 2.15. The lowest BCUT2D eigenvalue weighted by molar-refractivity contribution is 0.0333.